The number of hydrogen-bond donors (Lipinski definition) is 3. The van der Waals surface area contributed by atoms with Crippen molar-refractivity contribution in [2.24, 2.45) is 5.84 Å². The van der Waals surface area contributed by atoms with Gasteiger partial charge in [-0.3, -0.25) is 15.5 Å². The van der Waals surface area contributed by atoms with Crippen LogP contribution in [-0.4, -0.2) is 20.9 Å². The standard InChI is InChI=1S/C11H14N6OS/c1-5-4-8(15-10(13-5)17-12)9(18)16-11-14-6(2)7(3)19-11/h4H,12H2,1-3H3,(H,13,15,17)(H,14,16,18). The third-order valence-electron chi connectivity index (χ3n) is 2.46. The lowest BCUT2D eigenvalue weighted by Crippen LogP contribution is -2.17. The second-order valence-electron chi connectivity index (χ2n) is 3.98. The Morgan fingerprint density at radius 1 is 1.26 bits per heavy atom. The molecule has 100 valence electrons. The zero-order valence-electron chi connectivity index (χ0n) is 10.8. The molecule has 2 aromatic heterocycles. The molecule has 0 aliphatic carbocycles. The number of anilines is 2. The first-order valence-corrected chi connectivity index (χ1v) is 6.39. The molecule has 0 saturated heterocycles. The Bertz CT molecular complexity index is 604. The summed E-state index contributed by atoms with van der Waals surface area (Å²) in [5, 5.41) is 3.26. The minimum atomic E-state index is -0.337. The van der Waals surface area contributed by atoms with Crippen molar-refractivity contribution in [1.82, 2.24) is 15.0 Å². The van der Waals surface area contributed by atoms with E-state index in [4.69, 9.17) is 5.84 Å². The lowest BCUT2D eigenvalue weighted by atomic mass is 10.3. The molecule has 4 N–H and O–H groups in total. The highest BCUT2D eigenvalue weighted by Gasteiger charge is 2.13. The number of aromatic nitrogens is 3. The van der Waals surface area contributed by atoms with Gasteiger partial charge in [0.1, 0.15) is 5.69 Å². The SMILES string of the molecule is Cc1cc(C(=O)Nc2nc(C)c(C)s2)nc(NN)n1. The van der Waals surface area contributed by atoms with E-state index in [0.717, 1.165) is 10.6 Å². The molecule has 0 aromatic carbocycles. The van der Waals surface area contributed by atoms with Gasteiger partial charge in [-0.1, -0.05) is 0 Å². The summed E-state index contributed by atoms with van der Waals surface area (Å²) >= 11 is 1.42. The average molecular weight is 278 g/mol. The Morgan fingerprint density at radius 3 is 2.58 bits per heavy atom. The molecular weight excluding hydrogens is 264 g/mol. The predicted octanol–water partition coefficient (Wildman–Crippen LogP) is 1.40. The molecule has 2 rings (SSSR count). The zero-order valence-corrected chi connectivity index (χ0v) is 11.6. The van der Waals surface area contributed by atoms with Crippen LogP contribution in [0.15, 0.2) is 6.07 Å². The van der Waals surface area contributed by atoms with E-state index in [1.807, 2.05) is 13.8 Å². The van der Waals surface area contributed by atoms with Gasteiger partial charge in [0, 0.05) is 10.6 Å². The normalized spacial score (nSPS) is 10.3. The van der Waals surface area contributed by atoms with E-state index in [1.54, 1.807) is 13.0 Å². The van der Waals surface area contributed by atoms with Gasteiger partial charge in [-0.05, 0) is 26.8 Å². The number of hydrogen-bond acceptors (Lipinski definition) is 7. The summed E-state index contributed by atoms with van der Waals surface area (Å²) in [6.07, 6.45) is 0. The fraction of sp³-hybridized carbons (Fsp3) is 0.273. The van der Waals surface area contributed by atoms with Gasteiger partial charge in [0.15, 0.2) is 5.13 Å². The second-order valence-corrected chi connectivity index (χ2v) is 5.18. The maximum Gasteiger partial charge on any atom is 0.276 e. The molecule has 0 atom stereocenters. The number of carbonyl (C=O) groups excluding carboxylic acids is 1. The molecule has 8 heteroatoms. The molecule has 7 nitrogen and oxygen atoms in total. The summed E-state index contributed by atoms with van der Waals surface area (Å²) in [6, 6.07) is 1.59. The number of nitrogens with zero attached hydrogens (tertiary/aromatic N) is 3. The molecule has 2 heterocycles. The van der Waals surface area contributed by atoms with Crippen molar-refractivity contribution in [2.45, 2.75) is 20.8 Å². The smallest absolute Gasteiger partial charge is 0.276 e. The van der Waals surface area contributed by atoms with Crippen LogP contribution in [0.4, 0.5) is 11.1 Å². The molecule has 0 aliphatic heterocycles. The van der Waals surface area contributed by atoms with Gasteiger partial charge in [-0.2, -0.15) is 0 Å². The zero-order chi connectivity index (χ0) is 14.0. The van der Waals surface area contributed by atoms with Crippen LogP contribution in [0.3, 0.4) is 0 Å². The Kier molecular flexibility index (Phi) is 3.72. The predicted molar refractivity (Wildman–Crippen MR) is 74.1 cm³/mol. The Morgan fingerprint density at radius 2 is 2.00 bits per heavy atom. The molecule has 0 saturated carbocycles. The molecule has 0 aliphatic rings. The van der Waals surface area contributed by atoms with Crippen molar-refractivity contribution in [3.05, 3.63) is 28.0 Å². The van der Waals surface area contributed by atoms with E-state index in [9.17, 15) is 4.79 Å². The van der Waals surface area contributed by atoms with E-state index in [-0.39, 0.29) is 17.5 Å². The number of nitrogen functional groups attached to an aromatic ring is 1. The van der Waals surface area contributed by atoms with Crippen LogP contribution in [0.2, 0.25) is 0 Å². The highest BCUT2D eigenvalue weighted by atomic mass is 32.1. The van der Waals surface area contributed by atoms with Crippen LogP contribution in [0.25, 0.3) is 0 Å². The van der Waals surface area contributed by atoms with E-state index < -0.39 is 0 Å². The van der Waals surface area contributed by atoms with Gasteiger partial charge < -0.3 is 0 Å². The van der Waals surface area contributed by atoms with Crippen LogP contribution >= 0.6 is 11.3 Å². The molecule has 2 aromatic rings. The van der Waals surface area contributed by atoms with Crippen molar-refractivity contribution in [3.8, 4) is 0 Å². The summed E-state index contributed by atoms with van der Waals surface area (Å²) in [4.78, 5) is 25.4. The van der Waals surface area contributed by atoms with Gasteiger partial charge in [0.05, 0.1) is 5.69 Å². The van der Waals surface area contributed by atoms with E-state index in [2.05, 4.69) is 25.7 Å². The van der Waals surface area contributed by atoms with E-state index >= 15 is 0 Å². The van der Waals surface area contributed by atoms with E-state index in [0.29, 0.717) is 10.8 Å². The van der Waals surface area contributed by atoms with E-state index in [1.165, 1.54) is 11.3 Å². The molecule has 0 bridgehead atoms. The van der Waals surface area contributed by atoms with Crippen LogP contribution in [0.5, 0.6) is 0 Å². The fourth-order valence-corrected chi connectivity index (χ4v) is 2.25. The lowest BCUT2D eigenvalue weighted by molar-refractivity contribution is 0.102. The molecule has 0 spiro atoms. The van der Waals surface area contributed by atoms with Gasteiger partial charge in [0.2, 0.25) is 5.95 Å². The number of carbonyl (C=O) groups is 1. The van der Waals surface area contributed by atoms with Gasteiger partial charge in [-0.15, -0.1) is 11.3 Å². The highest BCUT2D eigenvalue weighted by molar-refractivity contribution is 7.15. The summed E-state index contributed by atoms with van der Waals surface area (Å²) in [5.74, 6) is 5.11. The Balaban J connectivity index is 2.22. The summed E-state index contributed by atoms with van der Waals surface area (Å²) in [7, 11) is 0. The molecule has 0 radical (unpaired) electrons. The molecule has 0 unspecified atom stereocenters. The van der Waals surface area contributed by atoms with Gasteiger partial charge >= 0.3 is 0 Å². The summed E-state index contributed by atoms with van der Waals surface area (Å²) in [6.45, 7) is 5.61. The van der Waals surface area contributed by atoms with Crippen LogP contribution in [0.1, 0.15) is 26.8 Å². The van der Waals surface area contributed by atoms with Gasteiger partial charge in [-0.25, -0.2) is 20.8 Å². The van der Waals surface area contributed by atoms with Gasteiger partial charge in [0.25, 0.3) is 5.91 Å². The molecule has 19 heavy (non-hydrogen) atoms. The quantitative estimate of drug-likeness (QED) is 0.579. The first-order valence-electron chi connectivity index (χ1n) is 5.57. The number of nitrogens with one attached hydrogen (secondary N) is 2. The highest BCUT2D eigenvalue weighted by Crippen LogP contribution is 2.21. The van der Waals surface area contributed by atoms with Crippen molar-refractivity contribution in [3.63, 3.8) is 0 Å². The average Bonchev–Trinajstić information content (AvgIpc) is 2.67. The maximum absolute atomic E-state index is 12.1. The number of aryl methyl sites for hydroxylation is 3. The molecule has 1 amide bonds. The van der Waals surface area contributed by atoms with Crippen LogP contribution in [0, 0.1) is 20.8 Å². The number of nitrogens with two attached hydrogens (primary N) is 1. The number of rotatable bonds is 3. The Hall–Kier alpha value is -2.06. The first kappa shape index (κ1) is 13.4. The third kappa shape index (κ3) is 3.04. The van der Waals surface area contributed by atoms with Crippen LogP contribution in [-0.2, 0) is 0 Å². The number of amides is 1. The summed E-state index contributed by atoms with van der Waals surface area (Å²) < 4.78 is 0. The number of hydrazine groups is 1. The monoisotopic (exact) mass is 278 g/mol. The fourth-order valence-electron chi connectivity index (χ4n) is 1.44. The van der Waals surface area contributed by atoms with Crippen LogP contribution < -0.4 is 16.6 Å². The molecule has 0 fully saturated rings. The minimum Gasteiger partial charge on any atom is -0.296 e. The second kappa shape index (κ2) is 5.29. The largest absolute Gasteiger partial charge is 0.296 e. The summed E-state index contributed by atoms with van der Waals surface area (Å²) in [5.41, 5.74) is 4.12. The first-order chi connectivity index (χ1) is 8.99. The van der Waals surface area contributed by atoms with Crippen molar-refractivity contribution < 1.29 is 4.79 Å². The van der Waals surface area contributed by atoms with Crippen molar-refractivity contribution in [2.75, 3.05) is 10.7 Å². The number of thiazole rings is 1. The topological polar surface area (TPSA) is 106 Å². The Labute approximate surface area is 114 Å². The maximum atomic E-state index is 12.1. The minimum absolute atomic E-state index is 0.205. The molecular formula is C11H14N6OS. The third-order valence-corrected chi connectivity index (χ3v) is 3.45. The lowest BCUT2D eigenvalue weighted by Gasteiger charge is -2.04. The van der Waals surface area contributed by atoms with Crippen molar-refractivity contribution in [1.29, 1.82) is 0 Å². The van der Waals surface area contributed by atoms with Crippen molar-refractivity contribution >= 4 is 28.3 Å².